The van der Waals surface area contributed by atoms with E-state index in [9.17, 15) is 4.79 Å². The first kappa shape index (κ1) is 19.1. The molecule has 25 heavy (non-hydrogen) atoms. The van der Waals surface area contributed by atoms with Gasteiger partial charge in [0.05, 0.1) is 25.8 Å². The van der Waals surface area contributed by atoms with E-state index >= 15 is 0 Å². The Morgan fingerprint density at radius 1 is 1.08 bits per heavy atom. The standard InChI is InChI=1S/C20H23ClO4/c1-5-9-13(20(22)25-6-2)12-16-17(21)19(24-4)15-11-8-7-10-14(15)18(16)23-3/h7-8,10-12H,5-6,9H2,1-4H3. The molecule has 0 aliphatic rings. The molecule has 0 saturated heterocycles. The second kappa shape index (κ2) is 8.77. The third-order valence-electron chi connectivity index (χ3n) is 3.88. The molecule has 0 bridgehead atoms. The van der Waals surface area contributed by atoms with Crippen LogP contribution in [0.15, 0.2) is 29.8 Å². The van der Waals surface area contributed by atoms with E-state index in [1.807, 2.05) is 31.2 Å². The van der Waals surface area contributed by atoms with E-state index in [1.165, 1.54) is 0 Å². The van der Waals surface area contributed by atoms with Crippen LogP contribution in [0, 0.1) is 0 Å². The van der Waals surface area contributed by atoms with Gasteiger partial charge in [0.25, 0.3) is 0 Å². The van der Waals surface area contributed by atoms with Gasteiger partial charge in [-0.05, 0) is 19.4 Å². The summed E-state index contributed by atoms with van der Waals surface area (Å²) in [4.78, 5) is 12.3. The molecular formula is C20H23ClO4. The van der Waals surface area contributed by atoms with Crippen LogP contribution in [0.25, 0.3) is 16.8 Å². The molecule has 4 nitrogen and oxygen atoms in total. The number of fused-ring (bicyclic) bond motifs is 1. The van der Waals surface area contributed by atoms with Crippen LogP contribution < -0.4 is 9.47 Å². The minimum absolute atomic E-state index is 0.325. The molecule has 0 atom stereocenters. The van der Waals surface area contributed by atoms with Gasteiger partial charge in [0.2, 0.25) is 0 Å². The van der Waals surface area contributed by atoms with Crippen molar-refractivity contribution < 1.29 is 19.0 Å². The molecule has 2 aromatic rings. The first-order chi connectivity index (χ1) is 12.1. The van der Waals surface area contributed by atoms with Crippen molar-refractivity contribution in [2.24, 2.45) is 0 Å². The van der Waals surface area contributed by atoms with Gasteiger partial charge in [0.1, 0.15) is 11.5 Å². The second-order valence-corrected chi connectivity index (χ2v) is 5.86. The lowest BCUT2D eigenvalue weighted by molar-refractivity contribution is -0.138. The monoisotopic (exact) mass is 362 g/mol. The second-order valence-electron chi connectivity index (χ2n) is 5.48. The average molecular weight is 363 g/mol. The summed E-state index contributed by atoms with van der Waals surface area (Å²) in [6.07, 6.45) is 3.15. The Balaban J connectivity index is 2.76. The highest BCUT2D eigenvalue weighted by molar-refractivity contribution is 6.35. The molecule has 2 rings (SSSR count). The molecule has 0 aliphatic heterocycles. The van der Waals surface area contributed by atoms with E-state index < -0.39 is 0 Å². The highest BCUT2D eigenvalue weighted by Crippen LogP contribution is 2.44. The fourth-order valence-electron chi connectivity index (χ4n) is 2.81. The smallest absolute Gasteiger partial charge is 0.334 e. The highest BCUT2D eigenvalue weighted by Gasteiger charge is 2.20. The maximum absolute atomic E-state index is 12.3. The average Bonchev–Trinajstić information content (AvgIpc) is 2.62. The largest absolute Gasteiger partial charge is 0.495 e. The molecular weight excluding hydrogens is 340 g/mol. The van der Waals surface area contributed by atoms with Crippen molar-refractivity contribution in [3.63, 3.8) is 0 Å². The van der Waals surface area contributed by atoms with Gasteiger partial charge in [-0.1, -0.05) is 49.2 Å². The predicted molar refractivity (Wildman–Crippen MR) is 102 cm³/mol. The summed E-state index contributed by atoms with van der Waals surface area (Å²) in [6, 6.07) is 7.70. The fraction of sp³-hybridized carbons (Fsp3) is 0.350. The summed E-state index contributed by atoms with van der Waals surface area (Å²) in [5.41, 5.74) is 1.18. The van der Waals surface area contributed by atoms with Crippen molar-refractivity contribution in [3.8, 4) is 11.5 Å². The molecule has 0 saturated carbocycles. The van der Waals surface area contributed by atoms with Gasteiger partial charge >= 0.3 is 5.97 Å². The first-order valence-corrected chi connectivity index (χ1v) is 8.66. The number of esters is 1. The number of ether oxygens (including phenoxy) is 3. The zero-order valence-corrected chi connectivity index (χ0v) is 15.8. The first-order valence-electron chi connectivity index (χ1n) is 8.28. The summed E-state index contributed by atoms with van der Waals surface area (Å²) >= 11 is 6.60. The Morgan fingerprint density at radius 3 is 2.20 bits per heavy atom. The van der Waals surface area contributed by atoms with Crippen molar-refractivity contribution in [2.45, 2.75) is 26.7 Å². The molecule has 0 unspecified atom stereocenters. The van der Waals surface area contributed by atoms with Crippen LogP contribution in [-0.2, 0) is 9.53 Å². The van der Waals surface area contributed by atoms with Gasteiger partial charge < -0.3 is 14.2 Å². The molecule has 0 N–H and O–H groups in total. The van der Waals surface area contributed by atoms with Crippen LogP contribution in [0.5, 0.6) is 11.5 Å². The summed E-state index contributed by atoms with van der Waals surface area (Å²) in [6.45, 7) is 4.12. The third kappa shape index (κ3) is 3.90. The number of hydrogen-bond donors (Lipinski definition) is 0. The number of carbonyl (C=O) groups excluding carboxylic acids is 1. The lowest BCUT2D eigenvalue weighted by Crippen LogP contribution is -2.08. The Labute approximate surface area is 153 Å². The van der Waals surface area contributed by atoms with Crippen LogP contribution in [-0.4, -0.2) is 26.8 Å². The van der Waals surface area contributed by atoms with Crippen molar-refractivity contribution in [3.05, 3.63) is 40.4 Å². The van der Waals surface area contributed by atoms with Crippen LogP contribution in [0.4, 0.5) is 0 Å². The van der Waals surface area contributed by atoms with Crippen molar-refractivity contribution >= 4 is 34.4 Å². The lowest BCUT2D eigenvalue weighted by Gasteiger charge is -2.16. The lowest BCUT2D eigenvalue weighted by atomic mass is 10.0. The van der Waals surface area contributed by atoms with Gasteiger partial charge in [-0.25, -0.2) is 4.79 Å². The quantitative estimate of drug-likeness (QED) is 0.498. The van der Waals surface area contributed by atoms with Gasteiger partial charge in [-0.2, -0.15) is 0 Å². The van der Waals surface area contributed by atoms with E-state index in [-0.39, 0.29) is 5.97 Å². The van der Waals surface area contributed by atoms with Crippen molar-refractivity contribution in [2.75, 3.05) is 20.8 Å². The molecule has 134 valence electrons. The molecule has 0 radical (unpaired) electrons. The summed E-state index contributed by atoms with van der Waals surface area (Å²) in [7, 11) is 3.16. The van der Waals surface area contributed by atoms with E-state index in [1.54, 1.807) is 27.2 Å². The summed E-state index contributed by atoms with van der Waals surface area (Å²) in [5, 5.41) is 2.14. The molecule has 0 aromatic heterocycles. The Morgan fingerprint density at radius 2 is 1.68 bits per heavy atom. The van der Waals surface area contributed by atoms with E-state index in [4.69, 9.17) is 25.8 Å². The van der Waals surface area contributed by atoms with Crippen LogP contribution in [0.3, 0.4) is 0 Å². The maximum Gasteiger partial charge on any atom is 0.334 e. The van der Waals surface area contributed by atoms with Gasteiger partial charge in [-0.15, -0.1) is 0 Å². The minimum Gasteiger partial charge on any atom is -0.495 e. The highest BCUT2D eigenvalue weighted by atomic mass is 35.5. The molecule has 2 aromatic carbocycles. The van der Waals surface area contributed by atoms with E-state index in [0.717, 1.165) is 17.2 Å². The summed E-state index contributed by atoms with van der Waals surface area (Å²) < 4.78 is 16.3. The topological polar surface area (TPSA) is 44.8 Å². The molecule has 5 heteroatoms. The molecule has 0 heterocycles. The van der Waals surface area contributed by atoms with Crippen LogP contribution in [0.1, 0.15) is 32.3 Å². The van der Waals surface area contributed by atoms with E-state index in [2.05, 4.69) is 0 Å². The normalized spacial score (nSPS) is 11.5. The molecule has 0 spiro atoms. The van der Waals surface area contributed by atoms with Crippen LogP contribution in [0.2, 0.25) is 5.02 Å². The molecule has 0 amide bonds. The van der Waals surface area contributed by atoms with Crippen molar-refractivity contribution in [1.29, 1.82) is 0 Å². The Kier molecular flexibility index (Phi) is 6.71. The zero-order chi connectivity index (χ0) is 18.4. The fourth-order valence-corrected chi connectivity index (χ4v) is 3.13. The number of hydrogen-bond acceptors (Lipinski definition) is 4. The van der Waals surface area contributed by atoms with Gasteiger partial charge in [0, 0.05) is 21.9 Å². The Bertz CT molecular complexity index is 796. The van der Waals surface area contributed by atoms with Crippen LogP contribution >= 0.6 is 11.6 Å². The number of benzene rings is 2. The number of methoxy groups -OCH3 is 2. The van der Waals surface area contributed by atoms with Gasteiger partial charge in [-0.3, -0.25) is 0 Å². The van der Waals surface area contributed by atoms with E-state index in [0.29, 0.717) is 40.7 Å². The number of carbonyl (C=O) groups is 1. The SMILES string of the molecule is CCCC(=Cc1c(Cl)c(OC)c2ccccc2c1OC)C(=O)OCC. The third-order valence-corrected chi connectivity index (χ3v) is 4.26. The number of halogens is 1. The molecule has 0 aliphatic carbocycles. The molecule has 0 fully saturated rings. The Hall–Kier alpha value is -2.20. The zero-order valence-electron chi connectivity index (χ0n) is 15.0. The minimum atomic E-state index is -0.338. The van der Waals surface area contributed by atoms with Gasteiger partial charge in [0.15, 0.2) is 0 Å². The predicted octanol–water partition coefficient (Wildman–Crippen LogP) is 5.26. The maximum atomic E-state index is 12.3. The summed E-state index contributed by atoms with van der Waals surface area (Å²) in [5.74, 6) is 0.831. The van der Waals surface area contributed by atoms with Crippen molar-refractivity contribution in [1.82, 2.24) is 0 Å². The number of rotatable bonds is 7.